The van der Waals surface area contributed by atoms with Crippen molar-refractivity contribution >= 4 is 40.0 Å². The molecule has 0 unspecified atom stereocenters. The molecule has 28 heavy (non-hydrogen) atoms. The standard InChI is InChI=1S/C16H31F3N4O3S.HI/c1-4-20-15(21-8-5-11-26-13(2)3)22-12-14-6-9-23(10-7-14)27(24,25)16(17,18)19;/h13-14H,4-12H2,1-3H3,(H2,20,21,22);1H. The Morgan fingerprint density at radius 1 is 1.25 bits per heavy atom. The highest BCUT2D eigenvalue weighted by atomic mass is 127. The number of sulfonamides is 1. The Labute approximate surface area is 182 Å². The second kappa shape index (κ2) is 13.1. The summed E-state index contributed by atoms with van der Waals surface area (Å²) in [6, 6.07) is 0. The normalized spacial score (nSPS) is 17.5. The third-order valence-electron chi connectivity index (χ3n) is 4.12. The lowest BCUT2D eigenvalue weighted by Gasteiger charge is -2.30. The first-order chi connectivity index (χ1) is 12.6. The Morgan fingerprint density at radius 2 is 1.86 bits per heavy atom. The van der Waals surface area contributed by atoms with Gasteiger partial charge in [0, 0.05) is 39.3 Å². The summed E-state index contributed by atoms with van der Waals surface area (Å²) in [5.74, 6) is 0.705. The van der Waals surface area contributed by atoms with E-state index in [0.29, 0.717) is 49.3 Å². The Kier molecular flexibility index (Phi) is 12.9. The van der Waals surface area contributed by atoms with Gasteiger partial charge < -0.3 is 15.4 Å². The number of piperidine rings is 1. The molecule has 0 bridgehead atoms. The number of nitrogens with zero attached hydrogens (tertiary/aromatic N) is 2. The average molecular weight is 544 g/mol. The fourth-order valence-corrected chi connectivity index (χ4v) is 3.62. The van der Waals surface area contributed by atoms with E-state index in [1.54, 1.807) is 0 Å². The first kappa shape index (κ1) is 27.7. The van der Waals surface area contributed by atoms with Crippen molar-refractivity contribution in [2.45, 2.75) is 51.6 Å². The molecule has 0 atom stereocenters. The molecule has 168 valence electrons. The van der Waals surface area contributed by atoms with Gasteiger partial charge in [-0.25, -0.2) is 8.42 Å². The molecule has 1 saturated heterocycles. The van der Waals surface area contributed by atoms with Gasteiger partial charge in [0.2, 0.25) is 0 Å². The number of alkyl halides is 3. The largest absolute Gasteiger partial charge is 0.511 e. The summed E-state index contributed by atoms with van der Waals surface area (Å²) in [6.07, 6.45) is 1.75. The number of aliphatic imine (C=N–C) groups is 1. The first-order valence-corrected chi connectivity index (χ1v) is 10.7. The van der Waals surface area contributed by atoms with Crippen LogP contribution in [0.2, 0.25) is 0 Å². The number of rotatable bonds is 9. The van der Waals surface area contributed by atoms with Crippen molar-refractivity contribution in [3.63, 3.8) is 0 Å². The van der Waals surface area contributed by atoms with Crippen LogP contribution in [0.25, 0.3) is 0 Å². The lowest BCUT2D eigenvalue weighted by molar-refractivity contribution is -0.0496. The van der Waals surface area contributed by atoms with Crippen molar-refractivity contribution in [2.24, 2.45) is 10.9 Å². The maximum atomic E-state index is 12.6. The summed E-state index contributed by atoms with van der Waals surface area (Å²) in [6.45, 7) is 8.12. The first-order valence-electron chi connectivity index (χ1n) is 9.28. The number of guanidine groups is 1. The maximum absolute atomic E-state index is 12.6. The third-order valence-corrected chi connectivity index (χ3v) is 5.75. The molecule has 1 rings (SSSR count). The number of ether oxygens (including phenoxy) is 1. The summed E-state index contributed by atoms with van der Waals surface area (Å²) >= 11 is 0. The molecule has 0 aromatic carbocycles. The monoisotopic (exact) mass is 544 g/mol. The van der Waals surface area contributed by atoms with Crippen molar-refractivity contribution < 1.29 is 26.3 Å². The number of halogens is 4. The van der Waals surface area contributed by atoms with Gasteiger partial charge in [-0.3, -0.25) is 4.99 Å². The van der Waals surface area contributed by atoms with E-state index in [1.165, 1.54) is 0 Å². The van der Waals surface area contributed by atoms with Crippen LogP contribution in [0.3, 0.4) is 0 Å². The van der Waals surface area contributed by atoms with Crippen LogP contribution >= 0.6 is 24.0 Å². The van der Waals surface area contributed by atoms with Gasteiger partial charge >= 0.3 is 15.5 Å². The predicted octanol–water partition coefficient (Wildman–Crippen LogP) is 2.54. The molecule has 0 aromatic rings. The molecule has 0 radical (unpaired) electrons. The van der Waals surface area contributed by atoms with Gasteiger partial charge in [0.1, 0.15) is 0 Å². The molecule has 1 fully saturated rings. The Hall–Kier alpha value is -0.340. The molecule has 1 aliphatic heterocycles. The molecule has 0 saturated carbocycles. The van der Waals surface area contributed by atoms with Crippen molar-refractivity contribution in [3.05, 3.63) is 0 Å². The zero-order valence-corrected chi connectivity index (χ0v) is 19.7. The van der Waals surface area contributed by atoms with E-state index in [1.807, 2.05) is 20.8 Å². The van der Waals surface area contributed by atoms with Crippen molar-refractivity contribution in [1.29, 1.82) is 0 Å². The van der Waals surface area contributed by atoms with Crippen LogP contribution in [-0.2, 0) is 14.8 Å². The Bertz CT molecular complexity index is 566. The van der Waals surface area contributed by atoms with Crippen LogP contribution in [-0.4, -0.2) is 69.6 Å². The van der Waals surface area contributed by atoms with Gasteiger partial charge in [0.05, 0.1) is 6.10 Å². The zero-order valence-electron chi connectivity index (χ0n) is 16.6. The zero-order chi connectivity index (χ0) is 20.5. The molecule has 0 spiro atoms. The van der Waals surface area contributed by atoms with Crippen LogP contribution < -0.4 is 10.6 Å². The second-order valence-electron chi connectivity index (χ2n) is 6.71. The molecular formula is C16H32F3IN4O3S. The quantitative estimate of drug-likeness (QED) is 0.202. The fraction of sp³-hybridized carbons (Fsp3) is 0.938. The van der Waals surface area contributed by atoms with E-state index in [2.05, 4.69) is 15.6 Å². The molecule has 7 nitrogen and oxygen atoms in total. The highest BCUT2D eigenvalue weighted by Crippen LogP contribution is 2.30. The van der Waals surface area contributed by atoms with Crippen LogP contribution in [0, 0.1) is 5.92 Å². The molecule has 0 aromatic heterocycles. The third kappa shape index (κ3) is 9.44. The smallest absolute Gasteiger partial charge is 0.379 e. The minimum atomic E-state index is -5.24. The van der Waals surface area contributed by atoms with Gasteiger partial charge in [-0.1, -0.05) is 0 Å². The minimum Gasteiger partial charge on any atom is -0.379 e. The molecule has 12 heteroatoms. The summed E-state index contributed by atoms with van der Waals surface area (Å²) in [4.78, 5) is 4.47. The maximum Gasteiger partial charge on any atom is 0.511 e. The van der Waals surface area contributed by atoms with E-state index in [0.717, 1.165) is 6.42 Å². The topological polar surface area (TPSA) is 83.0 Å². The van der Waals surface area contributed by atoms with Gasteiger partial charge in [-0.2, -0.15) is 17.5 Å². The number of hydrogen-bond acceptors (Lipinski definition) is 4. The summed E-state index contributed by atoms with van der Waals surface area (Å²) in [5, 5.41) is 6.31. The Morgan fingerprint density at radius 3 is 2.36 bits per heavy atom. The molecule has 0 amide bonds. The van der Waals surface area contributed by atoms with Crippen LogP contribution in [0.15, 0.2) is 4.99 Å². The van der Waals surface area contributed by atoms with E-state index in [9.17, 15) is 21.6 Å². The SMILES string of the molecule is CCNC(=NCC1CCN(S(=O)(=O)C(F)(F)F)CC1)NCCCOC(C)C.I. The van der Waals surface area contributed by atoms with Crippen molar-refractivity contribution in [3.8, 4) is 0 Å². The molecule has 2 N–H and O–H groups in total. The second-order valence-corrected chi connectivity index (χ2v) is 8.64. The molecule has 0 aliphatic carbocycles. The van der Waals surface area contributed by atoms with Gasteiger partial charge in [0.15, 0.2) is 5.96 Å². The summed E-state index contributed by atoms with van der Waals surface area (Å²) in [7, 11) is -5.23. The highest BCUT2D eigenvalue weighted by molar-refractivity contribution is 14.0. The lowest BCUT2D eigenvalue weighted by Crippen LogP contribution is -2.45. The van der Waals surface area contributed by atoms with Gasteiger partial charge in [-0.05, 0) is 46.0 Å². The Balaban J connectivity index is 0.00000729. The van der Waals surface area contributed by atoms with Crippen molar-refractivity contribution in [1.82, 2.24) is 14.9 Å². The number of hydrogen-bond donors (Lipinski definition) is 2. The van der Waals surface area contributed by atoms with Crippen LogP contribution in [0.5, 0.6) is 0 Å². The fourth-order valence-electron chi connectivity index (χ4n) is 2.64. The number of nitrogens with one attached hydrogen (secondary N) is 2. The highest BCUT2D eigenvalue weighted by Gasteiger charge is 2.50. The van der Waals surface area contributed by atoms with E-state index >= 15 is 0 Å². The van der Waals surface area contributed by atoms with Crippen molar-refractivity contribution in [2.75, 3.05) is 39.3 Å². The average Bonchev–Trinajstić information content (AvgIpc) is 2.58. The summed E-state index contributed by atoms with van der Waals surface area (Å²) < 4.78 is 66.6. The van der Waals surface area contributed by atoms with Crippen LogP contribution in [0.4, 0.5) is 13.2 Å². The van der Waals surface area contributed by atoms with E-state index in [-0.39, 0.29) is 49.1 Å². The predicted molar refractivity (Wildman–Crippen MR) is 114 cm³/mol. The molecule has 1 aliphatic rings. The molecular weight excluding hydrogens is 512 g/mol. The molecule has 1 heterocycles. The lowest BCUT2D eigenvalue weighted by atomic mass is 9.98. The van der Waals surface area contributed by atoms with Crippen LogP contribution in [0.1, 0.15) is 40.0 Å². The summed E-state index contributed by atoms with van der Waals surface area (Å²) in [5.41, 5.74) is -5.24. The minimum absolute atomic E-state index is 0. The van der Waals surface area contributed by atoms with Gasteiger partial charge in [-0.15, -0.1) is 24.0 Å². The van der Waals surface area contributed by atoms with E-state index in [4.69, 9.17) is 4.74 Å². The van der Waals surface area contributed by atoms with Gasteiger partial charge in [0.25, 0.3) is 0 Å². The van der Waals surface area contributed by atoms with E-state index < -0.39 is 15.5 Å².